The number of benzene rings is 1. The average Bonchev–Trinajstić information content (AvgIpc) is 3.18. The minimum atomic E-state index is -4.54. The second kappa shape index (κ2) is 7.04. The summed E-state index contributed by atoms with van der Waals surface area (Å²) in [4.78, 5) is 0. The molecule has 1 aliphatic rings. The molecular formula is C14H15ClF3N5O. The van der Waals surface area contributed by atoms with Crippen molar-refractivity contribution in [1.29, 1.82) is 0 Å². The molecule has 2 heterocycles. The quantitative estimate of drug-likeness (QED) is 0.886. The summed E-state index contributed by atoms with van der Waals surface area (Å²) in [6.07, 6.45) is -2.36. The van der Waals surface area contributed by atoms with Crippen LogP contribution < -0.4 is 5.32 Å². The van der Waals surface area contributed by atoms with E-state index in [0.29, 0.717) is 18.9 Å². The van der Waals surface area contributed by atoms with Gasteiger partial charge in [0.1, 0.15) is 0 Å². The number of ether oxygens (including phenoxy) is 1. The first-order valence-electron chi connectivity index (χ1n) is 7.42. The topological polar surface area (TPSA) is 64.9 Å². The molecule has 0 bridgehead atoms. The molecule has 0 unspecified atom stereocenters. The van der Waals surface area contributed by atoms with Crippen LogP contribution in [0.5, 0.6) is 0 Å². The third-order valence-corrected chi connectivity index (χ3v) is 4.04. The summed E-state index contributed by atoms with van der Waals surface area (Å²) < 4.78 is 45.7. The predicted octanol–water partition coefficient (Wildman–Crippen LogP) is 2.60. The van der Waals surface area contributed by atoms with Crippen molar-refractivity contribution in [2.45, 2.75) is 31.7 Å². The molecule has 1 N–H and O–H groups in total. The van der Waals surface area contributed by atoms with Gasteiger partial charge in [-0.1, -0.05) is 11.6 Å². The fraction of sp³-hybridized carbons (Fsp3) is 0.500. The highest BCUT2D eigenvalue weighted by Crippen LogP contribution is 2.35. The van der Waals surface area contributed by atoms with Crippen LogP contribution in [0.15, 0.2) is 18.2 Å². The number of alkyl halides is 3. The summed E-state index contributed by atoms with van der Waals surface area (Å²) in [5, 5.41) is 14.0. The second-order valence-electron chi connectivity index (χ2n) is 5.43. The highest BCUT2D eigenvalue weighted by atomic mass is 35.5. The van der Waals surface area contributed by atoms with Crippen LogP contribution in [-0.2, 0) is 17.5 Å². The number of nitrogens with one attached hydrogen (secondary N) is 1. The Balaban J connectivity index is 1.74. The van der Waals surface area contributed by atoms with E-state index in [-0.39, 0.29) is 16.8 Å². The first-order valence-corrected chi connectivity index (χ1v) is 7.79. The van der Waals surface area contributed by atoms with Crippen molar-refractivity contribution in [1.82, 2.24) is 25.5 Å². The summed E-state index contributed by atoms with van der Waals surface area (Å²) >= 11 is 5.63. The van der Waals surface area contributed by atoms with Crippen LogP contribution in [0.4, 0.5) is 13.2 Å². The van der Waals surface area contributed by atoms with Gasteiger partial charge in [-0.3, -0.25) is 0 Å². The minimum Gasteiger partial charge on any atom is -0.377 e. The molecule has 10 heteroatoms. The molecule has 1 aliphatic heterocycles. The molecular weight excluding hydrogens is 347 g/mol. The van der Waals surface area contributed by atoms with Crippen molar-refractivity contribution in [2.75, 3.05) is 13.2 Å². The molecule has 1 saturated heterocycles. The highest BCUT2D eigenvalue weighted by Gasteiger charge is 2.33. The van der Waals surface area contributed by atoms with Crippen molar-refractivity contribution < 1.29 is 17.9 Å². The van der Waals surface area contributed by atoms with E-state index in [1.807, 2.05) is 0 Å². The predicted molar refractivity (Wildman–Crippen MR) is 79.8 cm³/mol. The summed E-state index contributed by atoms with van der Waals surface area (Å²) in [7, 11) is 0. The van der Waals surface area contributed by atoms with Crippen LogP contribution in [0.2, 0.25) is 5.02 Å². The number of rotatable bonds is 5. The Morgan fingerprint density at radius 2 is 2.21 bits per heavy atom. The third-order valence-electron chi connectivity index (χ3n) is 3.71. The number of aromatic nitrogens is 4. The van der Waals surface area contributed by atoms with Crippen LogP contribution >= 0.6 is 11.6 Å². The Kier molecular flexibility index (Phi) is 5.02. The number of tetrazole rings is 1. The number of halogens is 4. The van der Waals surface area contributed by atoms with E-state index in [1.54, 1.807) is 0 Å². The van der Waals surface area contributed by atoms with Crippen molar-refractivity contribution in [3.05, 3.63) is 34.6 Å². The monoisotopic (exact) mass is 361 g/mol. The van der Waals surface area contributed by atoms with Gasteiger partial charge in [0, 0.05) is 13.2 Å². The Morgan fingerprint density at radius 3 is 2.92 bits per heavy atom. The zero-order valence-corrected chi connectivity index (χ0v) is 13.3. The highest BCUT2D eigenvalue weighted by molar-refractivity contribution is 6.31. The van der Waals surface area contributed by atoms with Crippen molar-refractivity contribution in [3.8, 4) is 5.69 Å². The molecule has 1 fully saturated rings. The van der Waals surface area contributed by atoms with Crippen LogP contribution in [0.25, 0.3) is 5.69 Å². The first-order chi connectivity index (χ1) is 11.4. The lowest BCUT2D eigenvalue weighted by atomic mass is 10.2. The molecule has 0 aliphatic carbocycles. The Bertz CT molecular complexity index is 700. The molecule has 2 aromatic rings. The lowest BCUT2D eigenvalue weighted by molar-refractivity contribution is -0.137. The van der Waals surface area contributed by atoms with E-state index < -0.39 is 11.7 Å². The number of nitrogens with zero attached hydrogens (tertiary/aromatic N) is 4. The lowest BCUT2D eigenvalue weighted by Crippen LogP contribution is -2.27. The zero-order valence-electron chi connectivity index (χ0n) is 12.6. The van der Waals surface area contributed by atoms with Crippen molar-refractivity contribution in [3.63, 3.8) is 0 Å². The van der Waals surface area contributed by atoms with Gasteiger partial charge in [-0.15, -0.1) is 5.10 Å². The van der Waals surface area contributed by atoms with Crippen LogP contribution in [-0.4, -0.2) is 39.5 Å². The van der Waals surface area contributed by atoms with E-state index in [2.05, 4.69) is 20.8 Å². The molecule has 0 saturated carbocycles. The molecule has 0 radical (unpaired) electrons. The van der Waals surface area contributed by atoms with E-state index >= 15 is 0 Å². The zero-order chi connectivity index (χ0) is 17.2. The molecule has 1 aromatic carbocycles. The fourth-order valence-electron chi connectivity index (χ4n) is 2.53. The maximum Gasteiger partial charge on any atom is 0.417 e. The minimum absolute atomic E-state index is 0.154. The van der Waals surface area contributed by atoms with Crippen molar-refractivity contribution in [2.24, 2.45) is 0 Å². The molecule has 1 atom stereocenters. The van der Waals surface area contributed by atoms with E-state index in [4.69, 9.17) is 16.3 Å². The van der Waals surface area contributed by atoms with Gasteiger partial charge in [-0.25, -0.2) is 0 Å². The van der Waals surface area contributed by atoms with Gasteiger partial charge in [0.25, 0.3) is 0 Å². The molecule has 3 rings (SSSR count). The molecule has 0 spiro atoms. The first kappa shape index (κ1) is 17.1. The normalized spacial score (nSPS) is 18.2. The summed E-state index contributed by atoms with van der Waals surface area (Å²) in [5.41, 5.74) is -0.721. The standard InChI is InChI=1S/C14H15ClF3N5O/c15-12-4-3-9(6-11(12)14(16,17)18)23-13(20-21-22-23)8-19-7-10-2-1-5-24-10/h3-4,6,10,19H,1-2,5,7-8H2/t10-/m0/s1. The fourth-order valence-corrected chi connectivity index (χ4v) is 2.75. The van der Waals surface area contributed by atoms with Gasteiger partial charge in [0.05, 0.1) is 28.9 Å². The Hall–Kier alpha value is -1.71. The lowest BCUT2D eigenvalue weighted by Gasteiger charge is -2.12. The summed E-state index contributed by atoms with van der Waals surface area (Å²) in [6.45, 7) is 1.72. The van der Waals surface area contributed by atoms with Gasteiger partial charge >= 0.3 is 6.18 Å². The van der Waals surface area contributed by atoms with Gasteiger partial charge in [-0.05, 0) is 41.5 Å². The largest absolute Gasteiger partial charge is 0.417 e. The number of hydrogen-bond acceptors (Lipinski definition) is 5. The molecule has 0 amide bonds. The van der Waals surface area contributed by atoms with Crippen LogP contribution in [0, 0.1) is 0 Å². The molecule has 1 aromatic heterocycles. The third kappa shape index (κ3) is 3.85. The maximum atomic E-state index is 13.0. The van der Waals surface area contributed by atoms with Gasteiger partial charge < -0.3 is 10.1 Å². The van der Waals surface area contributed by atoms with Crippen molar-refractivity contribution >= 4 is 11.6 Å². The second-order valence-corrected chi connectivity index (χ2v) is 5.84. The van der Waals surface area contributed by atoms with E-state index in [9.17, 15) is 13.2 Å². The smallest absolute Gasteiger partial charge is 0.377 e. The molecule has 6 nitrogen and oxygen atoms in total. The Morgan fingerprint density at radius 1 is 1.38 bits per heavy atom. The maximum absolute atomic E-state index is 13.0. The van der Waals surface area contributed by atoms with Crippen LogP contribution in [0.1, 0.15) is 24.2 Å². The summed E-state index contributed by atoms with van der Waals surface area (Å²) in [6, 6.07) is 3.56. The van der Waals surface area contributed by atoms with E-state index in [1.165, 1.54) is 16.8 Å². The van der Waals surface area contributed by atoms with Crippen LogP contribution in [0.3, 0.4) is 0 Å². The SMILES string of the molecule is FC(F)(F)c1cc(-n2nnnc2CNC[C@@H]2CCCO2)ccc1Cl. The Labute approximate surface area is 140 Å². The van der Waals surface area contributed by atoms with Gasteiger partial charge in [-0.2, -0.15) is 17.9 Å². The van der Waals surface area contributed by atoms with E-state index in [0.717, 1.165) is 25.5 Å². The van der Waals surface area contributed by atoms with Gasteiger partial charge in [0.15, 0.2) is 5.82 Å². The molecule has 130 valence electrons. The van der Waals surface area contributed by atoms with Gasteiger partial charge in [0.2, 0.25) is 0 Å². The number of hydrogen-bond donors (Lipinski definition) is 1. The summed E-state index contributed by atoms with van der Waals surface area (Å²) in [5.74, 6) is 0.406. The average molecular weight is 362 g/mol. The molecule has 24 heavy (non-hydrogen) atoms.